The van der Waals surface area contributed by atoms with Gasteiger partial charge in [-0.05, 0) is 30.2 Å². The van der Waals surface area contributed by atoms with Crippen LogP contribution in [0.5, 0.6) is 0 Å². The summed E-state index contributed by atoms with van der Waals surface area (Å²) in [6.07, 6.45) is 0.595. The van der Waals surface area contributed by atoms with E-state index in [1.54, 1.807) is 13.1 Å². The Morgan fingerprint density at radius 1 is 1.10 bits per heavy atom. The van der Waals surface area contributed by atoms with E-state index in [1.807, 2.05) is 6.07 Å². The topological polar surface area (TPSA) is 126 Å². The number of non-ortho nitro benzene ring substituents is 1. The van der Waals surface area contributed by atoms with Crippen molar-refractivity contribution in [1.82, 2.24) is 15.4 Å². The van der Waals surface area contributed by atoms with Crippen LogP contribution in [0.2, 0.25) is 0 Å². The minimum absolute atomic E-state index is 0.0512. The van der Waals surface area contributed by atoms with E-state index in [2.05, 4.69) is 20.3 Å². The predicted octanol–water partition coefficient (Wildman–Crippen LogP) is 1.42. The molecule has 3 N–H and O–H groups in total. The maximum Gasteiger partial charge on any atom is 0.270 e. The first kappa shape index (κ1) is 22.2. The summed E-state index contributed by atoms with van der Waals surface area (Å²) >= 11 is 0. The first-order chi connectivity index (χ1) is 13.8. The van der Waals surface area contributed by atoms with E-state index in [0.717, 1.165) is 11.6 Å². The van der Waals surface area contributed by atoms with Crippen molar-refractivity contribution in [3.05, 3.63) is 70.0 Å². The zero-order valence-corrected chi connectivity index (χ0v) is 16.6. The fourth-order valence-electron chi connectivity index (χ4n) is 2.45. The van der Waals surface area contributed by atoms with Crippen molar-refractivity contribution in [2.24, 2.45) is 4.99 Å². The van der Waals surface area contributed by atoms with Crippen LogP contribution >= 0.6 is 0 Å². The molecule has 29 heavy (non-hydrogen) atoms. The van der Waals surface area contributed by atoms with Gasteiger partial charge in [-0.2, -0.15) is 0 Å². The van der Waals surface area contributed by atoms with E-state index in [9.17, 15) is 22.9 Å². The lowest BCUT2D eigenvalue weighted by Gasteiger charge is -2.12. The van der Waals surface area contributed by atoms with E-state index in [1.165, 1.54) is 30.3 Å². The number of hydrogen-bond acceptors (Lipinski definition) is 5. The van der Waals surface area contributed by atoms with E-state index in [0.29, 0.717) is 18.9 Å². The predicted molar refractivity (Wildman–Crippen MR) is 108 cm³/mol. The zero-order valence-electron chi connectivity index (χ0n) is 15.8. The molecule has 0 aliphatic carbocycles. The minimum atomic E-state index is -3.87. The molecule has 0 aliphatic rings. The molecule has 0 atom stereocenters. The molecule has 0 aromatic heterocycles. The quantitative estimate of drug-likeness (QED) is 0.184. The minimum Gasteiger partial charge on any atom is -0.356 e. The van der Waals surface area contributed by atoms with Crippen LogP contribution in [0.3, 0.4) is 0 Å². The van der Waals surface area contributed by atoms with Crippen LogP contribution < -0.4 is 15.4 Å². The summed E-state index contributed by atoms with van der Waals surface area (Å²) in [5.74, 6) is 0.178. The van der Waals surface area contributed by atoms with Gasteiger partial charge in [-0.1, -0.05) is 18.2 Å². The average Bonchev–Trinajstić information content (AvgIpc) is 2.70. The van der Waals surface area contributed by atoms with Gasteiger partial charge in [0.05, 0.1) is 9.82 Å². The van der Waals surface area contributed by atoms with Gasteiger partial charge in [-0.3, -0.25) is 15.1 Å². The first-order valence-electron chi connectivity index (χ1n) is 8.75. The molecule has 2 aromatic rings. The number of sulfonamides is 1. The van der Waals surface area contributed by atoms with E-state index in [4.69, 9.17) is 0 Å². The summed E-state index contributed by atoms with van der Waals surface area (Å²) in [5, 5.41) is 16.8. The summed E-state index contributed by atoms with van der Waals surface area (Å²) in [5.41, 5.74) is 0.548. The van der Waals surface area contributed by atoms with Gasteiger partial charge in [0.15, 0.2) is 5.96 Å². The number of guanidine groups is 1. The number of rotatable bonds is 9. The maximum absolute atomic E-state index is 13.2. The van der Waals surface area contributed by atoms with Gasteiger partial charge in [0, 0.05) is 38.8 Å². The molecule has 0 heterocycles. The summed E-state index contributed by atoms with van der Waals surface area (Å²) < 4.78 is 40.0. The monoisotopic (exact) mass is 423 g/mol. The number of halogens is 1. The molecule has 0 bridgehead atoms. The van der Waals surface area contributed by atoms with E-state index >= 15 is 0 Å². The Kier molecular flexibility index (Phi) is 8.04. The number of nitrogens with one attached hydrogen (secondary N) is 3. The van der Waals surface area contributed by atoms with Crippen molar-refractivity contribution in [3.63, 3.8) is 0 Å². The molecule has 0 aliphatic heterocycles. The van der Waals surface area contributed by atoms with Gasteiger partial charge in [0.25, 0.3) is 5.69 Å². The number of nitro benzene ring substituents is 1. The first-order valence-corrected chi connectivity index (χ1v) is 10.2. The molecule has 11 heteroatoms. The van der Waals surface area contributed by atoms with E-state index in [-0.39, 0.29) is 29.5 Å². The van der Waals surface area contributed by atoms with Gasteiger partial charge in [0.2, 0.25) is 10.0 Å². The lowest BCUT2D eigenvalue weighted by molar-refractivity contribution is -0.385. The second kappa shape index (κ2) is 10.5. The van der Waals surface area contributed by atoms with Crippen LogP contribution in [0, 0.1) is 15.9 Å². The molecule has 0 saturated heterocycles. The lowest BCUT2D eigenvalue weighted by atomic mass is 10.1. The fraction of sp³-hybridized carbons (Fsp3) is 0.278. The van der Waals surface area contributed by atoms with Crippen LogP contribution in [0.15, 0.2) is 58.4 Å². The van der Waals surface area contributed by atoms with E-state index < -0.39 is 14.9 Å². The Bertz CT molecular complexity index is 982. The normalized spacial score (nSPS) is 11.9. The zero-order chi connectivity index (χ0) is 21.3. The third-order valence-electron chi connectivity index (χ3n) is 3.87. The van der Waals surface area contributed by atoms with Crippen LogP contribution in [0.1, 0.15) is 5.56 Å². The van der Waals surface area contributed by atoms with Crippen molar-refractivity contribution < 1.29 is 17.7 Å². The second-order valence-corrected chi connectivity index (χ2v) is 7.72. The Balaban J connectivity index is 1.77. The molecule has 0 amide bonds. The lowest BCUT2D eigenvalue weighted by Crippen LogP contribution is -2.42. The molecule has 0 unspecified atom stereocenters. The number of aliphatic imine (C=N–C) groups is 1. The van der Waals surface area contributed by atoms with Gasteiger partial charge in [-0.25, -0.2) is 17.5 Å². The summed E-state index contributed by atoms with van der Waals surface area (Å²) in [7, 11) is -2.29. The summed E-state index contributed by atoms with van der Waals surface area (Å²) in [6.45, 7) is 0.811. The van der Waals surface area contributed by atoms with Crippen molar-refractivity contribution in [2.45, 2.75) is 11.3 Å². The van der Waals surface area contributed by atoms with Gasteiger partial charge >= 0.3 is 0 Å². The largest absolute Gasteiger partial charge is 0.356 e. The number of nitro groups is 1. The van der Waals surface area contributed by atoms with Gasteiger partial charge in [0.1, 0.15) is 5.82 Å². The van der Waals surface area contributed by atoms with Crippen LogP contribution in [0.4, 0.5) is 10.1 Å². The SMILES string of the molecule is CN=C(NCCNS(=O)(=O)c1cccc([N+](=O)[O-])c1)NCCc1cccc(F)c1. The average molecular weight is 423 g/mol. The van der Waals surface area contributed by atoms with Crippen molar-refractivity contribution in [2.75, 3.05) is 26.7 Å². The maximum atomic E-state index is 13.2. The highest BCUT2D eigenvalue weighted by Crippen LogP contribution is 2.16. The van der Waals surface area contributed by atoms with Crippen molar-refractivity contribution in [3.8, 4) is 0 Å². The third kappa shape index (κ3) is 7.12. The third-order valence-corrected chi connectivity index (χ3v) is 5.33. The molecule has 0 radical (unpaired) electrons. The Morgan fingerprint density at radius 2 is 1.83 bits per heavy atom. The molecule has 2 rings (SSSR count). The van der Waals surface area contributed by atoms with Crippen LogP contribution in [-0.2, 0) is 16.4 Å². The highest BCUT2D eigenvalue weighted by molar-refractivity contribution is 7.89. The van der Waals surface area contributed by atoms with Gasteiger partial charge < -0.3 is 10.6 Å². The Morgan fingerprint density at radius 3 is 2.52 bits per heavy atom. The highest BCUT2D eigenvalue weighted by atomic mass is 32.2. The number of hydrogen-bond donors (Lipinski definition) is 3. The van der Waals surface area contributed by atoms with Crippen molar-refractivity contribution >= 4 is 21.7 Å². The molecular formula is C18H22FN5O4S. The molecule has 0 saturated carbocycles. The molecular weight excluding hydrogens is 401 g/mol. The van der Waals surface area contributed by atoms with Gasteiger partial charge in [-0.15, -0.1) is 0 Å². The summed E-state index contributed by atoms with van der Waals surface area (Å²) in [4.78, 5) is 14.0. The highest BCUT2D eigenvalue weighted by Gasteiger charge is 2.17. The molecule has 156 valence electrons. The fourth-order valence-corrected chi connectivity index (χ4v) is 3.52. The Labute approximate surface area is 168 Å². The van der Waals surface area contributed by atoms with Crippen molar-refractivity contribution in [1.29, 1.82) is 0 Å². The molecule has 0 spiro atoms. The number of nitrogens with zero attached hydrogens (tertiary/aromatic N) is 2. The Hall–Kier alpha value is -3.05. The summed E-state index contributed by atoms with van der Waals surface area (Å²) in [6, 6.07) is 11.1. The molecule has 9 nitrogen and oxygen atoms in total. The number of benzene rings is 2. The van der Waals surface area contributed by atoms with Crippen LogP contribution in [-0.4, -0.2) is 46.0 Å². The molecule has 0 fully saturated rings. The molecule has 2 aromatic carbocycles. The standard InChI is InChI=1S/C18H22FN5O4S/c1-20-18(21-9-8-14-4-2-5-15(19)12-14)22-10-11-23-29(27,28)17-7-3-6-16(13-17)24(25)26/h2-7,12-13,23H,8-11H2,1H3,(H2,20,21,22). The smallest absolute Gasteiger partial charge is 0.270 e. The second-order valence-electron chi connectivity index (χ2n) is 5.96. The van der Waals surface area contributed by atoms with Crippen LogP contribution in [0.25, 0.3) is 0 Å².